The fourth-order valence-electron chi connectivity index (χ4n) is 3.95. The Morgan fingerprint density at radius 3 is 2.36 bits per heavy atom. The SMILES string of the molecule is CC(C)C(OC(=O)CCCC[C@H]1C2NC(=O)NC2CS1(=O)=O)OC(=O)ON1C(=O)CCC1=O. The van der Waals surface area contributed by atoms with Crippen LogP contribution in [0, 0.1) is 5.92 Å². The molecular formula is C19H27N3O10S. The van der Waals surface area contributed by atoms with E-state index in [0.717, 1.165) is 0 Å². The van der Waals surface area contributed by atoms with Crippen molar-refractivity contribution in [1.29, 1.82) is 0 Å². The molecule has 0 radical (unpaired) electrons. The fourth-order valence-corrected chi connectivity index (χ4v) is 6.22. The van der Waals surface area contributed by atoms with Crippen molar-refractivity contribution in [2.45, 2.75) is 76.0 Å². The molecule has 4 amide bonds. The van der Waals surface area contributed by atoms with Gasteiger partial charge in [0, 0.05) is 25.2 Å². The average molecular weight is 490 g/mol. The molecule has 0 aromatic heterocycles. The van der Waals surface area contributed by atoms with Crippen LogP contribution in [0.15, 0.2) is 0 Å². The Balaban J connectivity index is 1.42. The second-order valence-corrected chi connectivity index (χ2v) is 10.8. The summed E-state index contributed by atoms with van der Waals surface area (Å²) in [7, 11) is -3.35. The minimum absolute atomic E-state index is 0.0454. The number of urea groups is 1. The molecule has 3 heterocycles. The number of rotatable bonds is 9. The van der Waals surface area contributed by atoms with E-state index in [2.05, 4.69) is 15.5 Å². The maximum Gasteiger partial charge on any atom is 0.537 e. The Kier molecular flexibility index (Phi) is 7.44. The maximum atomic E-state index is 12.3. The Morgan fingerprint density at radius 2 is 1.73 bits per heavy atom. The van der Waals surface area contributed by atoms with Crippen molar-refractivity contribution in [1.82, 2.24) is 15.7 Å². The third kappa shape index (κ3) is 5.92. The highest BCUT2D eigenvalue weighted by Gasteiger charge is 2.51. The van der Waals surface area contributed by atoms with E-state index in [-0.39, 0.29) is 37.5 Å². The molecule has 0 spiro atoms. The minimum atomic E-state index is -3.35. The average Bonchev–Trinajstić information content (AvgIpc) is 3.29. The van der Waals surface area contributed by atoms with Gasteiger partial charge in [-0.25, -0.2) is 18.0 Å². The molecule has 0 aromatic rings. The Labute approximate surface area is 190 Å². The molecule has 4 atom stereocenters. The van der Waals surface area contributed by atoms with Gasteiger partial charge in [-0.2, -0.15) is 0 Å². The second kappa shape index (κ2) is 9.93. The predicted molar refractivity (Wildman–Crippen MR) is 109 cm³/mol. The van der Waals surface area contributed by atoms with Crippen LogP contribution < -0.4 is 10.6 Å². The van der Waals surface area contributed by atoms with Gasteiger partial charge in [0.1, 0.15) is 0 Å². The zero-order valence-electron chi connectivity index (χ0n) is 18.3. The van der Waals surface area contributed by atoms with Gasteiger partial charge in [-0.05, 0) is 12.8 Å². The van der Waals surface area contributed by atoms with E-state index in [9.17, 15) is 32.4 Å². The molecule has 0 saturated carbocycles. The van der Waals surface area contributed by atoms with Crippen LogP contribution in [0.3, 0.4) is 0 Å². The van der Waals surface area contributed by atoms with Crippen molar-refractivity contribution >= 4 is 39.8 Å². The number of imide groups is 1. The van der Waals surface area contributed by atoms with Gasteiger partial charge in [0.25, 0.3) is 18.1 Å². The summed E-state index contributed by atoms with van der Waals surface area (Å²) in [5.41, 5.74) is 0. The molecule has 3 aliphatic rings. The van der Waals surface area contributed by atoms with Crippen molar-refractivity contribution in [3.63, 3.8) is 0 Å². The van der Waals surface area contributed by atoms with Crippen molar-refractivity contribution in [3.05, 3.63) is 0 Å². The lowest BCUT2D eigenvalue weighted by atomic mass is 10.0. The van der Waals surface area contributed by atoms with Crippen LogP contribution in [0.4, 0.5) is 9.59 Å². The number of hydroxylamine groups is 2. The topological polar surface area (TPSA) is 174 Å². The number of fused-ring (bicyclic) bond motifs is 1. The van der Waals surface area contributed by atoms with Crippen LogP contribution in [-0.4, -0.2) is 72.8 Å². The van der Waals surface area contributed by atoms with Gasteiger partial charge in [0.05, 0.1) is 23.1 Å². The molecule has 0 aliphatic carbocycles. The number of carbonyl (C=O) groups is 5. The summed E-state index contributed by atoms with van der Waals surface area (Å²) in [4.78, 5) is 63.1. The van der Waals surface area contributed by atoms with E-state index in [0.29, 0.717) is 17.9 Å². The number of hydrogen-bond donors (Lipinski definition) is 2. The molecule has 3 saturated heterocycles. The zero-order chi connectivity index (χ0) is 24.3. The summed E-state index contributed by atoms with van der Waals surface area (Å²) in [5, 5.41) is 4.83. The molecule has 13 nitrogen and oxygen atoms in total. The normalized spacial score (nSPS) is 26.6. The molecule has 2 N–H and O–H groups in total. The highest BCUT2D eigenvalue weighted by Crippen LogP contribution is 2.28. The van der Waals surface area contributed by atoms with Gasteiger partial charge < -0.3 is 20.1 Å². The van der Waals surface area contributed by atoms with Crippen LogP contribution in [0.5, 0.6) is 0 Å². The summed E-state index contributed by atoms with van der Waals surface area (Å²) < 4.78 is 34.7. The zero-order valence-corrected chi connectivity index (χ0v) is 19.1. The van der Waals surface area contributed by atoms with Crippen molar-refractivity contribution in [2.75, 3.05) is 5.75 Å². The highest BCUT2D eigenvalue weighted by atomic mass is 32.2. The Bertz CT molecular complexity index is 918. The number of ether oxygens (including phenoxy) is 2. The minimum Gasteiger partial charge on any atom is -0.425 e. The molecule has 3 aliphatic heterocycles. The number of nitrogens with zero attached hydrogens (tertiary/aromatic N) is 1. The standard InChI is InChI=1S/C19H27N3O10S/c1-10(2)17(31-19(27)32-22-13(23)7-8-14(22)24)30-15(25)6-4-3-5-12-16-11(9-33(12,28)29)20-18(26)21-16/h10-12,16-17H,3-9H2,1-2H3,(H2,20,21,26)/t11?,12-,16?,17?/m0/s1. The first-order chi connectivity index (χ1) is 15.5. The number of hydrogen-bond acceptors (Lipinski definition) is 10. The number of nitrogens with one attached hydrogen (secondary N) is 2. The molecular weight excluding hydrogens is 462 g/mol. The van der Waals surface area contributed by atoms with E-state index >= 15 is 0 Å². The second-order valence-electron chi connectivity index (χ2n) is 8.51. The lowest BCUT2D eigenvalue weighted by Crippen LogP contribution is -2.39. The quantitative estimate of drug-likeness (QED) is 0.149. The van der Waals surface area contributed by atoms with E-state index in [4.69, 9.17) is 9.47 Å². The van der Waals surface area contributed by atoms with E-state index < -0.39 is 63.3 Å². The molecule has 0 bridgehead atoms. The summed E-state index contributed by atoms with van der Waals surface area (Å²) in [6.45, 7) is 3.26. The lowest BCUT2D eigenvalue weighted by molar-refractivity contribution is -0.199. The van der Waals surface area contributed by atoms with Crippen LogP contribution in [0.2, 0.25) is 0 Å². The van der Waals surface area contributed by atoms with Crippen molar-refractivity contribution in [2.24, 2.45) is 5.92 Å². The van der Waals surface area contributed by atoms with Gasteiger partial charge in [-0.3, -0.25) is 19.2 Å². The summed E-state index contributed by atoms with van der Waals surface area (Å²) >= 11 is 0. The molecule has 14 heteroatoms. The first-order valence-electron chi connectivity index (χ1n) is 10.7. The predicted octanol–water partition coefficient (Wildman–Crippen LogP) is 0.136. The smallest absolute Gasteiger partial charge is 0.425 e. The monoisotopic (exact) mass is 489 g/mol. The molecule has 0 aromatic carbocycles. The van der Waals surface area contributed by atoms with Crippen LogP contribution in [-0.2, 0) is 38.5 Å². The summed E-state index contributed by atoms with van der Waals surface area (Å²) in [6.07, 6.45) is -1.81. The molecule has 3 fully saturated rings. The van der Waals surface area contributed by atoms with Crippen LogP contribution in [0.25, 0.3) is 0 Å². The number of amides is 4. The molecule has 3 unspecified atom stereocenters. The Hall–Kier alpha value is -2.90. The third-order valence-corrected chi connectivity index (χ3v) is 7.89. The van der Waals surface area contributed by atoms with E-state index in [1.54, 1.807) is 13.8 Å². The van der Waals surface area contributed by atoms with Gasteiger partial charge >= 0.3 is 18.2 Å². The summed E-state index contributed by atoms with van der Waals surface area (Å²) in [5.74, 6) is -2.55. The largest absolute Gasteiger partial charge is 0.537 e. The van der Waals surface area contributed by atoms with Crippen LogP contribution in [0.1, 0.15) is 52.4 Å². The number of unbranched alkanes of at least 4 members (excludes halogenated alkanes) is 1. The van der Waals surface area contributed by atoms with Gasteiger partial charge in [0.2, 0.25) is 0 Å². The van der Waals surface area contributed by atoms with E-state index in [1.165, 1.54) is 0 Å². The highest BCUT2D eigenvalue weighted by molar-refractivity contribution is 7.92. The van der Waals surface area contributed by atoms with Crippen LogP contribution >= 0.6 is 0 Å². The number of sulfone groups is 1. The summed E-state index contributed by atoms with van der Waals surface area (Å²) in [6, 6.07) is -1.30. The Morgan fingerprint density at radius 1 is 1.06 bits per heavy atom. The van der Waals surface area contributed by atoms with Gasteiger partial charge in [-0.1, -0.05) is 25.3 Å². The number of carbonyl (C=O) groups excluding carboxylic acids is 5. The molecule has 3 rings (SSSR count). The first kappa shape index (κ1) is 24.7. The molecule has 184 valence electrons. The maximum absolute atomic E-state index is 12.3. The third-order valence-electron chi connectivity index (χ3n) is 5.62. The van der Waals surface area contributed by atoms with Gasteiger partial charge in [0.15, 0.2) is 9.84 Å². The van der Waals surface area contributed by atoms with E-state index in [1.807, 2.05) is 0 Å². The van der Waals surface area contributed by atoms with Crippen molar-refractivity contribution in [3.8, 4) is 0 Å². The first-order valence-corrected chi connectivity index (χ1v) is 12.4. The van der Waals surface area contributed by atoms with Gasteiger partial charge in [-0.15, -0.1) is 0 Å². The fraction of sp³-hybridized carbons (Fsp3) is 0.737. The molecule has 33 heavy (non-hydrogen) atoms. The van der Waals surface area contributed by atoms with Crippen molar-refractivity contribution < 1.29 is 46.7 Å². The number of esters is 1. The lowest BCUT2D eigenvalue weighted by Gasteiger charge is -2.22.